The molecule has 1 aromatic carbocycles. The normalized spacial score (nSPS) is 22.9. The number of aryl methyl sites for hydroxylation is 2. The zero-order valence-electron chi connectivity index (χ0n) is 15.0. The summed E-state index contributed by atoms with van der Waals surface area (Å²) in [4.78, 5) is 14.7. The molecule has 25 heavy (non-hydrogen) atoms. The monoisotopic (exact) mass is 365 g/mol. The van der Waals surface area contributed by atoms with Crippen molar-refractivity contribution in [2.24, 2.45) is 0 Å². The highest BCUT2D eigenvalue weighted by Crippen LogP contribution is 2.29. The summed E-state index contributed by atoms with van der Waals surface area (Å²) in [5.74, 6) is 0.906. The summed E-state index contributed by atoms with van der Waals surface area (Å²) in [5, 5.41) is 0. The van der Waals surface area contributed by atoms with E-state index in [1.54, 1.807) is 0 Å². The first-order valence-electron chi connectivity index (χ1n) is 9.07. The molecule has 1 heterocycles. The quantitative estimate of drug-likeness (QED) is 0.805. The summed E-state index contributed by atoms with van der Waals surface area (Å²) in [5.41, 5.74) is 2.16. The third-order valence-corrected chi connectivity index (χ3v) is 7.04. The van der Waals surface area contributed by atoms with Crippen molar-refractivity contribution in [1.29, 1.82) is 0 Å². The van der Waals surface area contributed by atoms with Gasteiger partial charge in [-0.2, -0.15) is 0 Å². The first-order chi connectivity index (χ1) is 11.9. The van der Waals surface area contributed by atoms with E-state index in [9.17, 15) is 13.2 Å². The molecule has 3 rings (SSSR count). The van der Waals surface area contributed by atoms with Gasteiger partial charge in [0.1, 0.15) is 5.75 Å². The minimum atomic E-state index is -3.02. The number of nitrogens with zero attached hydrogens (tertiary/aromatic N) is 1. The molecule has 2 fully saturated rings. The third-order valence-electron chi connectivity index (χ3n) is 5.29. The molecule has 0 aromatic heterocycles. The predicted molar refractivity (Wildman–Crippen MR) is 97.6 cm³/mol. The van der Waals surface area contributed by atoms with Crippen LogP contribution in [0.1, 0.15) is 43.2 Å². The molecule has 1 amide bonds. The SMILES string of the molecule is Cc1ccc(OCC(=O)N(C2CCCC2)C2CCS(=O)(=O)C2)c(C)c1. The summed E-state index contributed by atoms with van der Waals surface area (Å²) in [6, 6.07) is 5.85. The van der Waals surface area contributed by atoms with Crippen molar-refractivity contribution in [2.45, 2.75) is 58.0 Å². The van der Waals surface area contributed by atoms with Crippen molar-refractivity contribution in [3.05, 3.63) is 29.3 Å². The second kappa shape index (κ2) is 7.36. The van der Waals surface area contributed by atoms with Gasteiger partial charge in [-0.25, -0.2) is 8.42 Å². The van der Waals surface area contributed by atoms with Gasteiger partial charge in [-0.05, 0) is 44.7 Å². The highest BCUT2D eigenvalue weighted by Gasteiger charge is 2.39. The van der Waals surface area contributed by atoms with Crippen molar-refractivity contribution in [2.75, 3.05) is 18.1 Å². The Balaban J connectivity index is 1.70. The fourth-order valence-electron chi connectivity index (χ4n) is 4.06. The molecule has 1 atom stereocenters. The first kappa shape index (κ1) is 18.2. The smallest absolute Gasteiger partial charge is 0.261 e. The van der Waals surface area contributed by atoms with Gasteiger partial charge in [0.15, 0.2) is 16.4 Å². The molecule has 6 heteroatoms. The Morgan fingerprint density at radius 2 is 1.88 bits per heavy atom. The van der Waals surface area contributed by atoms with Gasteiger partial charge in [0.2, 0.25) is 0 Å². The molecule has 1 saturated carbocycles. The standard InChI is InChI=1S/C19H27NO4S/c1-14-7-8-18(15(2)11-14)24-12-19(21)20(16-5-3-4-6-16)17-9-10-25(22,23)13-17/h7-8,11,16-17H,3-6,9-10,12-13H2,1-2H3. The van der Waals surface area contributed by atoms with Gasteiger partial charge >= 0.3 is 0 Å². The van der Waals surface area contributed by atoms with Crippen LogP contribution < -0.4 is 4.74 Å². The highest BCUT2D eigenvalue weighted by atomic mass is 32.2. The molecule has 1 aliphatic carbocycles. The molecule has 1 aliphatic heterocycles. The lowest BCUT2D eigenvalue weighted by Gasteiger charge is -2.34. The lowest BCUT2D eigenvalue weighted by Crippen LogP contribution is -2.48. The fourth-order valence-corrected chi connectivity index (χ4v) is 5.77. The van der Waals surface area contributed by atoms with Crippen molar-refractivity contribution < 1.29 is 17.9 Å². The summed E-state index contributed by atoms with van der Waals surface area (Å²) < 4.78 is 29.5. The van der Waals surface area contributed by atoms with Crippen LogP contribution >= 0.6 is 0 Å². The van der Waals surface area contributed by atoms with E-state index < -0.39 is 9.84 Å². The Bertz CT molecular complexity index is 738. The molecule has 5 nitrogen and oxygen atoms in total. The Labute approximate surface area is 150 Å². The van der Waals surface area contributed by atoms with Crippen LogP contribution in [-0.2, 0) is 14.6 Å². The average Bonchev–Trinajstić information content (AvgIpc) is 3.17. The van der Waals surface area contributed by atoms with Crippen LogP contribution in [0.2, 0.25) is 0 Å². The number of hydrogen-bond donors (Lipinski definition) is 0. The lowest BCUT2D eigenvalue weighted by molar-refractivity contribution is -0.137. The van der Waals surface area contributed by atoms with Crippen LogP contribution in [0.25, 0.3) is 0 Å². The Morgan fingerprint density at radius 3 is 2.48 bits per heavy atom. The number of benzene rings is 1. The van der Waals surface area contributed by atoms with Crippen molar-refractivity contribution in [3.63, 3.8) is 0 Å². The predicted octanol–water partition coefficient (Wildman–Crippen LogP) is 2.64. The van der Waals surface area contributed by atoms with E-state index in [1.165, 1.54) is 0 Å². The minimum Gasteiger partial charge on any atom is -0.483 e. The van der Waals surface area contributed by atoms with Crippen LogP contribution in [-0.4, -0.2) is 49.4 Å². The largest absolute Gasteiger partial charge is 0.483 e. The Morgan fingerprint density at radius 1 is 1.16 bits per heavy atom. The molecular formula is C19H27NO4S. The second-order valence-corrected chi connectivity index (χ2v) is 9.58. The zero-order chi connectivity index (χ0) is 18.0. The van der Waals surface area contributed by atoms with E-state index in [1.807, 2.05) is 36.9 Å². The van der Waals surface area contributed by atoms with E-state index in [4.69, 9.17) is 4.74 Å². The molecule has 0 bridgehead atoms. The van der Waals surface area contributed by atoms with Crippen LogP contribution in [0, 0.1) is 13.8 Å². The van der Waals surface area contributed by atoms with Crippen molar-refractivity contribution in [3.8, 4) is 5.75 Å². The number of carbonyl (C=O) groups excluding carboxylic acids is 1. The molecule has 0 spiro atoms. The Hall–Kier alpha value is -1.56. The number of ether oxygens (including phenoxy) is 1. The van der Waals surface area contributed by atoms with E-state index >= 15 is 0 Å². The number of amides is 1. The Kier molecular flexibility index (Phi) is 5.37. The number of rotatable bonds is 5. The van der Waals surface area contributed by atoms with Crippen LogP contribution in [0.15, 0.2) is 18.2 Å². The number of sulfone groups is 1. The lowest BCUT2D eigenvalue weighted by atomic mass is 10.1. The maximum Gasteiger partial charge on any atom is 0.261 e. The molecule has 1 unspecified atom stereocenters. The second-order valence-electron chi connectivity index (χ2n) is 7.35. The van der Waals surface area contributed by atoms with Gasteiger partial charge in [0, 0.05) is 12.1 Å². The molecule has 0 radical (unpaired) electrons. The van der Waals surface area contributed by atoms with Gasteiger partial charge in [-0.3, -0.25) is 4.79 Å². The van der Waals surface area contributed by atoms with Gasteiger partial charge in [0.25, 0.3) is 5.91 Å². The summed E-state index contributed by atoms with van der Waals surface area (Å²) in [7, 11) is -3.02. The summed E-state index contributed by atoms with van der Waals surface area (Å²) >= 11 is 0. The minimum absolute atomic E-state index is 0.0308. The van der Waals surface area contributed by atoms with Gasteiger partial charge in [0.05, 0.1) is 11.5 Å². The number of hydrogen-bond acceptors (Lipinski definition) is 4. The zero-order valence-corrected chi connectivity index (χ0v) is 15.8. The molecule has 1 aromatic rings. The van der Waals surface area contributed by atoms with Gasteiger partial charge in [-0.1, -0.05) is 30.5 Å². The molecule has 0 N–H and O–H groups in total. The molecule has 2 aliphatic rings. The van der Waals surface area contributed by atoms with Crippen LogP contribution in [0.5, 0.6) is 5.75 Å². The van der Waals surface area contributed by atoms with Crippen molar-refractivity contribution in [1.82, 2.24) is 4.90 Å². The topological polar surface area (TPSA) is 63.7 Å². The molecule has 1 saturated heterocycles. The first-order valence-corrected chi connectivity index (χ1v) is 10.9. The highest BCUT2D eigenvalue weighted by molar-refractivity contribution is 7.91. The third kappa shape index (κ3) is 4.35. The fraction of sp³-hybridized carbons (Fsp3) is 0.632. The van der Waals surface area contributed by atoms with Crippen LogP contribution in [0.4, 0.5) is 0 Å². The van der Waals surface area contributed by atoms with E-state index in [0.717, 1.165) is 36.8 Å². The van der Waals surface area contributed by atoms with Crippen LogP contribution in [0.3, 0.4) is 0 Å². The maximum absolute atomic E-state index is 12.9. The molecular weight excluding hydrogens is 338 g/mol. The number of carbonyl (C=O) groups is 1. The summed E-state index contributed by atoms with van der Waals surface area (Å²) in [6.45, 7) is 3.95. The van der Waals surface area contributed by atoms with Gasteiger partial charge in [-0.15, -0.1) is 0 Å². The summed E-state index contributed by atoms with van der Waals surface area (Å²) in [6.07, 6.45) is 4.68. The van der Waals surface area contributed by atoms with Gasteiger partial charge < -0.3 is 9.64 Å². The maximum atomic E-state index is 12.9. The van der Waals surface area contributed by atoms with E-state index in [0.29, 0.717) is 12.2 Å². The van der Waals surface area contributed by atoms with E-state index in [2.05, 4.69) is 0 Å². The average molecular weight is 365 g/mol. The molecule has 138 valence electrons. The van der Waals surface area contributed by atoms with E-state index in [-0.39, 0.29) is 36.1 Å². The van der Waals surface area contributed by atoms with Crippen molar-refractivity contribution >= 4 is 15.7 Å².